The molecule has 0 bridgehead atoms. The summed E-state index contributed by atoms with van der Waals surface area (Å²) in [6.45, 7) is 3.17. The maximum Gasteiger partial charge on any atom is 0.343 e. The third kappa shape index (κ3) is 4.86. The molecule has 22 heavy (non-hydrogen) atoms. The molecule has 0 spiro atoms. The molecule has 0 aliphatic rings. The van der Waals surface area contributed by atoms with Gasteiger partial charge in [0.15, 0.2) is 5.75 Å². The first kappa shape index (κ1) is 17.7. The van der Waals surface area contributed by atoms with E-state index in [2.05, 4.69) is 4.98 Å². The molecule has 6 heteroatoms. The predicted octanol–water partition coefficient (Wildman–Crippen LogP) is 3.09. The zero-order chi connectivity index (χ0) is 15.2. The van der Waals surface area contributed by atoms with Crippen molar-refractivity contribution >= 4 is 24.3 Å². The standard InChI is InChI=1S/C16H15NO4.ClH/c1-11-15(8-13(9-17-11)10-20-12(2)18)21-16(19)14-6-4-3-5-7-14;/h3-9H,10H2,1-2H3;1H. The minimum atomic E-state index is -0.454. The average Bonchev–Trinajstić information content (AvgIpc) is 2.48. The van der Waals surface area contributed by atoms with E-state index >= 15 is 0 Å². The van der Waals surface area contributed by atoms with Crippen LogP contribution in [-0.2, 0) is 16.1 Å². The average molecular weight is 322 g/mol. The molecule has 0 radical (unpaired) electrons. The summed E-state index contributed by atoms with van der Waals surface area (Å²) in [4.78, 5) is 26.9. The second-order valence-electron chi connectivity index (χ2n) is 4.46. The van der Waals surface area contributed by atoms with Crippen LogP contribution in [0.5, 0.6) is 5.75 Å². The Hall–Kier alpha value is -2.40. The van der Waals surface area contributed by atoms with Crippen molar-refractivity contribution < 1.29 is 19.1 Å². The van der Waals surface area contributed by atoms with Crippen molar-refractivity contribution in [1.82, 2.24) is 4.98 Å². The lowest BCUT2D eigenvalue weighted by Gasteiger charge is -2.09. The minimum Gasteiger partial charge on any atom is -0.461 e. The molecular formula is C16H16ClNO4. The van der Waals surface area contributed by atoms with Crippen molar-refractivity contribution in [3.63, 3.8) is 0 Å². The molecule has 0 fully saturated rings. The fourth-order valence-electron chi connectivity index (χ4n) is 1.65. The summed E-state index contributed by atoms with van der Waals surface area (Å²) in [5.74, 6) is -0.475. The van der Waals surface area contributed by atoms with E-state index < -0.39 is 5.97 Å². The van der Waals surface area contributed by atoms with Crippen LogP contribution < -0.4 is 4.74 Å². The summed E-state index contributed by atoms with van der Waals surface area (Å²) in [5, 5.41) is 0. The SMILES string of the molecule is CC(=O)OCc1cnc(C)c(OC(=O)c2ccccc2)c1.Cl. The zero-order valence-corrected chi connectivity index (χ0v) is 13.1. The summed E-state index contributed by atoms with van der Waals surface area (Å²) >= 11 is 0. The highest BCUT2D eigenvalue weighted by atomic mass is 35.5. The van der Waals surface area contributed by atoms with Gasteiger partial charge in [0.1, 0.15) is 6.61 Å². The molecule has 0 aliphatic heterocycles. The Morgan fingerprint density at radius 1 is 1.18 bits per heavy atom. The number of halogens is 1. The van der Waals surface area contributed by atoms with Crippen molar-refractivity contribution in [1.29, 1.82) is 0 Å². The first-order valence-corrected chi connectivity index (χ1v) is 6.42. The quantitative estimate of drug-likeness (QED) is 0.810. The molecule has 0 unspecified atom stereocenters. The van der Waals surface area contributed by atoms with Gasteiger partial charge in [0, 0.05) is 18.7 Å². The number of rotatable bonds is 4. The molecule has 2 aromatic rings. The van der Waals surface area contributed by atoms with Crippen LogP contribution in [0, 0.1) is 6.92 Å². The number of esters is 2. The summed E-state index contributed by atoms with van der Waals surface area (Å²) in [7, 11) is 0. The summed E-state index contributed by atoms with van der Waals surface area (Å²) in [6.07, 6.45) is 1.58. The van der Waals surface area contributed by atoms with E-state index in [-0.39, 0.29) is 25.0 Å². The summed E-state index contributed by atoms with van der Waals surface area (Å²) < 4.78 is 10.2. The Morgan fingerprint density at radius 3 is 2.50 bits per heavy atom. The van der Waals surface area contributed by atoms with Crippen LogP contribution >= 0.6 is 12.4 Å². The molecule has 0 aliphatic carbocycles. The van der Waals surface area contributed by atoms with Crippen molar-refractivity contribution in [2.75, 3.05) is 0 Å². The molecule has 116 valence electrons. The summed E-state index contributed by atoms with van der Waals surface area (Å²) in [6, 6.07) is 10.3. The number of aryl methyl sites for hydroxylation is 1. The third-order valence-corrected chi connectivity index (χ3v) is 2.75. The number of carbonyl (C=O) groups excluding carboxylic acids is 2. The number of aromatic nitrogens is 1. The number of nitrogens with zero attached hydrogens (tertiary/aromatic N) is 1. The maximum atomic E-state index is 12.0. The van der Waals surface area contributed by atoms with Crippen molar-refractivity contribution in [3.8, 4) is 5.75 Å². The van der Waals surface area contributed by atoms with E-state index in [1.165, 1.54) is 6.92 Å². The Balaban J connectivity index is 0.00000242. The van der Waals surface area contributed by atoms with Gasteiger partial charge in [-0.2, -0.15) is 0 Å². The Morgan fingerprint density at radius 2 is 1.86 bits per heavy atom. The van der Waals surface area contributed by atoms with Gasteiger partial charge in [0.05, 0.1) is 11.3 Å². The van der Waals surface area contributed by atoms with Crippen LogP contribution in [0.25, 0.3) is 0 Å². The first-order chi connectivity index (χ1) is 10.1. The molecule has 1 heterocycles. The van der Waals surface area contributed by atoms with Gasteiger partial charge in [-0.05, 0) is 25.1 Å². The van der Waals surface area contributed by atoms with E-state index in [0.29, 0.717) is 22.6 Å². The van der Waals surface area contributed by atoms with Crippen molar-refractivity contribution in [2.24, 2.45) is 0 Å². The van der Waals surface area contributed by atoms with E-state index in [9.17, 15) is 9.59 Å². The summed E-state index contributed by atoms with van der Waals surface area (Å²) in [5.41, 5.74) is 1.71. The lowest BCUT2D eigenvalue weighted by atomic mass is 10.2. The fourth-order valence-corrected chi connectivity index (χ4v) is 1.65. The lowest BCUT2D eigenvalue weighted by molar-refractivity contribution is -0.142. The molecule has 0 amide bonds. The molecule has 0 atom stereocenters. The minimum absolute atomic E-state index is 0. The predicted molar refractivity (Wildman–Crippen MR) is 83.1 cm³/mol. The topological polar surface area (TPSA) is 65.5 Å². The van der Waals surface area contributed by atoms with Gasteiger partial charge in [-0.15, -0.1) is 12.4 Å². The van der Waals surface area contributed by atoms with Crippen LogP contribution in [0.15, 0.2) is 42.6 Å². The second-order valence-corrected chi connectivity index (χ2v) is 4.46. The largest absolute Gasteiger partial charge is 0.461 e. The fraction of sp³-hybridized carbons (Fsp3) is 0.188. The van der Waals surface area contributed by atoms with Crippen LogP contribution in [-0.4, -0.2) is 16.9 Å². The zero-order valence-electron chi connectivity index (χ0n) is 12.2. The van der Waals surface area contributed by atoms with Crippen LogP contribution in [0.2, 0.25) is 0 Å². The van der Waals surface area contributed by atoms with Crippen LogP contribution in [0.4, 0.5) is 0 Å². The van der Waals surface area contributed by atoms with Crippen molar-refractivity contribution in [2.45, 2.75) is 20.5 Å². The highest BCUT2D eigenvalue weighted by Crippen LogP contribution is 2.19. The maximum absolute atomic E-state index is 12.0. The molecule has 1 aromatic carbocycles. The molecule has 5 nitrogen and oxygen atoms in total. The molecule has 0 saturated carbocycles. The molecule has 0 saturated heterocycles. The number of ether oxygens (including phenoxy) is 2. The number of hydrogen-bond acceptors (Lipinski definition) is 5. The van der Waals surface area contributed by atoms with Gasteiger partial charge in [-0.3, -0.25) is 9.78 Å². The molecule has 0 N–H and O–H groups in total. The van der Waals surface area contributed by atoms with Gasteiger partial charge in [-0.1, -0.05) is 18.2 Å². The van der Waals surface area contributed by atoms with Gasteiger partial charge in [0.2, 0.25) is 0 Å². The molecule has 2 rings (SSSR count). The highest BCUT2D eigenvalue weighted by molar-refractivity contribution is 5.91. The first-order valence-electron chi connectivity index (χ1n) is 6.42. The van der Waals surface area contributed by atoms with Gasteiger partial charge in [0.25, 0.3) is 0 Å². The van der Waals surface area contributed by atoms with Crippen molar-refractivity contribution in [3.05, 3.63) is 59.4 Å². The van der Waals surface area contributed by atoms with Crippen LogP contribution in [0.1, 0.15) is 28.5 Å². The van der Waals surface area contributed by atoms with Gasteiger partial charge in [-0.25, -0.2) is 4.79 Å². The van der Waals surface area contributed by atoms with Gasteiger partial charge < -0.3 is 9.47 Å². The Bertz CT molecular complexity index is 658. The molecule has 1 aromatic heterocycles. The lowest BCUT2D eigenvalue weighted by Crippen LogP contribution is -2.10. The highest BCUT2D eigenvalue weighted by Gasteiger charge is 2.11. The number of carbonyl (C=O) groups is 2. The third-order valence-electron chi connectivity index (χ3n) is 2.75. The smallest absolute Gasteiger partial charge is 0.343 e. The van der Waals surface area contributed by atoms with E-state index in [0.717, 1.165) is 0 Å². The Labute approximate surface area is 134 Å². The van der Waals surface area contributed by atoms with E-state index in [1.807, 2.05) is 6.07 Å². The number of hydrogen-bond donors (Lipinski definition) is 0. The normalized spacial score (nSPS) is 9.55. The van der Waals surface area contributed by atoms with Gasteiger partial charge >= 0.3 is 11.9 Å². The molecular weight excluding hydrogens is 306 g/mol. The number of benzene rings is 1. The Kier molecular flexibility index (Phi) is 6.53. The van der Waals surface area contributed by atoms with Crippen LogP contribution in [0.3, 0.4) is 0 Å². The van der Waals surface area contributed by atoms with E-state index in [1.54, 1.807) is 43.5 Å². The number of pyridine rings is 1. The monoisotopic (exact) mass is 321 g/mol. The second kappa shape index (κ2) is 8.14. The van der Waals surface area contributed by atoms with E-state index in [4.69, 9.17) is 9.47 Å².